The Labute approximate surface area is 132 Å². The highest BCUT2D eigenvalue weighted by atomic mass is 16.4. The van der Waals surface area contributed by atoms with E-state index in [-0.39, 0.29) is 5.56 Å². The topological polar surface area (TPSA) is 94.2 Å². The Kier molecular flexibility index (Phi) is 3.70. The molecule has 1 heterocycles. The number of aromatic nitrogens is 1. The first kappa shape index (κ1) is 14.6. The summed E-state index contributed by atoms with van der Waals surface area (Å²) in [6.07, 6.45) is 3.32. The fourth-order valence-corrected chi connectivity index (χ4v) is 2.09. The minimum absolute atomic E-state index is 0.230. The zero-order chi connectivity index (χ0) is 16.4. The van der Waals surface area contributed by atoms with Crippen molar-refractivity contribution < 1.29 is 15.0 Å². The highest BCUT2D eigenvalue weighted by Gasteiger charge is 2.18. The Hall–Kier alpha value is -3.31. The van der Waals surface area contributed by atoms with Crippen LogP contribution < -0.4 is 0 Å². The van der Waals surface area contributed by atoms with E-state index in [4.69, 9.17) is 5.11 Å². The largest absolute Gasteiger partial charge is 0.505 e. The number of carboxylic acids is 1. The molecule has 0 amide bonds. The molecular formula is C18H12N2O3. The molecule has 0 atom stereocenters. The maximum absolute atomic E-state index is 11.1. The van der Waals surface area contributed by atoms with Gasteiger partial charge in [0.1, 0.15) is 17.4 Å². The number of pyridine rings is 1. The molecule has 112 valence electrons. The van der Waals surface area contributed by atoms with Gasteiger partial charge in [-0.05, 0) is 31.0 Å². The summed E-state index contributed by atoms with van der Waals surface area (Å²) in [5.41, 5.74) is 1.81. The summed E-state index contributed by atoms with van der Waals surface area (Å²) in [7, 11) is 0. The molecule has 0 radical (unpaired) electrons. The normalized spacial score (nSPS) is 12.8. The lowest BCUT2D eigenvalue weighted by molar-refractivity contribution is 0.0693. The maximum atomic E-state index is 11.1. The van der Waals surface area contributed by atoms with Crippen LogP contribution in [-0.2, 0) is 0 Å². The Balaban J connectivity index is 2.01. The van der Waals surface area contributed by atoms with Gasteiger partial charge in [0.2, 0.25) is 0 Å². The van der Waals surface area contributed by atoms with Crippen LogP contribution in [0.5, 0.6) is 5.75 Å². The predicted molar refractivity (Wildman–Crippen MR) is 82.6 cm³/mol. The van der Waals surface area contributed by atoms with E-state index in [1.807, 2.05) is 0 Å². The van der Waals surface area contributed by atoms with E-state index in [1.54, 1.807) is 18.2 Å². The Morgan fingerprint density at radius 3 is 2.70 bits per heavy atom. The van der Waals surface area contributed by atoms with Crippen molar-refractivity contribution >= 4 is 5.97 Å². The van der Waals surface area contributed by atoms with Crippen molar-refractivity contribution in [2.75, 3.05) is 0 Å². The van der Waals surface area contributed by atoms with Gasteiger partial charge in [-0.1, -0.05) is 17.9 Å². The first-order valence-electron chi connectivity index (χ1n) is 7.07. The Bertz CT molecular complexity index is 897. The van der Waals surface area contributed by atoms with Crippen molar-refractivity contribution in [3.05, 3.63) is 47.2 Å². The molecular weight excluding hydrogens is 292 g/mol. The van der Waals surface area contributed by atoms with Gasteiger partial charge < -0.3 is 10.2 Å². The average molecular weight is 304 g/mol. The van der Waals surface area contributed by atoms with Gasteiger partial charge in [-0.25, -0.2) is 4.79 Å². The molecule has 1 aromatic carbocycles. The van der Waals surface area contributed by atoms with Gasteiger partial charge in [-0.15, -0.1) is 0 Å². The predicted octanol–water partition coefficient (Wildman–Crippen LogP) is 2.79. The number of aromatic hydroxyl groups is 1. The molecule has 0 bridgehead atoms. The molecule has 0 unspecified atom stereocenters. The van der Waals surface area contributed by atoms with Crippen LogP contribution in [0, 0.1) is 29.1 Å². The van der Waals surface area contributed by atoms with E-state index in [2.05, 4.69) is 22.9 Å². The second-order valence-corrected chi connectivity index (χ2v) is 5.31. The summed E-state index contributed by atoms with van der Waals surface area (Å²) < 4.78 is 0. The Morgan fingerprint density at radius 2 is 2.04 bits per heavy atom. The van der Waals surface area contributed by atoms with Crippen molar-refractivity contribution in [3.63, 3.8) is 0 Å². The number of carbonyl (C=O) groups is 1. The third kappa shape index (κ3) is 3.14. The van der Waals surface area contributed by atoms with Crippen LogP contribution >= 0.6 is 0 Å². The third-order valence-electron chi connectivity index (χ3n) is 3.54. The van der Waals surface area contributed by atoms with Crippen LogP contribution in [0.3, 0.4) is 0 Å². The molecule has 0 saturated heterocycles. The fourth-order valence-electron chi connectivity index (χ4n) is 2.09. The molecule has 1 aliphatic rings. The quantitative estimate of drug-likeness (QED) is 0.832. The van der Waals surface area contributed by atoms with Crippen molar-refractivity contribution in [1.82, 2.24) is 4.98 Å². The summed E-state index contributed by atoms with van der Waals surface area (Å²) in [5, 5.41) is 27.8. The second kappa shape index (κ2) is 5.82. The third-order valence-corrected chi connectivity index (χ3v) is 3.54. The van der Waals surface area contributed by atoms with Gasteiger partial charge in [0.15, 0.2) is 0 Å². The van der Waals surface area contributed by atoms with Gasteiger partial charge in [-0.3, -0.25) is 4.98 Å². The number of nitriles is 1. The highest BCUT2D eigenvalue weighted by molar-refractivity contribution is 5.91. The summed E-state index contributed by atoms with van der Waals surface area (Å²) in [4.78, 5) is 15.1. The second-order valence-electron chi connectivity index (χ2n) is 5.31. The first-order chi connectivity index (χ1) is 11.1. The number of rotatable bonds is 2. The lowest BCUT2D eigenvalue weighted by atomic mass is 10.0. The van der Waals surface area contributed by atoms with E-state index in [1.165, 1.54) is 6.07 Å². The molecule has 2 aromatic rings. The van der Waals surface area contributed by atoms with Crippen molar-refractivity contribution in [2.24, 2.45) is 5.92 Å². The SMILES string of the molecule is N#Cc1cc(-c2cc(C(=O)O)c(O)cn2)ccc1C#CC1CC1. The molecule has 1 aromatic heterocycles. The maximum Gasteiger partial charge on any atom is 0.339 e. The minimum atomic E-state index is -1.24. The molecule has 2 N–H and O–H groups in total. The number of benzene rings is 1. The smallest absolute Gasteiger partial charge is 0.339 e. The van der Waals surface area contributed by atoms with Gasteiger partial charge in [0, 0.05) is 17.0 Å². The van der Waals surface area contributed by atoms with Crippen LogP contribution in [0.25, 0.3) is 11.3 Å². The van der Waals surface area contributed by atoms with Crippen LogP contribution in [0.2, 0.25) is 0 Å². The summed E-state index contributed by atoms with van der Waals surface area (Å²) in [6, 6.07) is 8.48. The van der Waals surface area contributed by atoms with Crippen LogP contribution in [0.15, 0.2) is 30.5 Å². The zero-order valence-corrected chi connectivity index (χ0v) is 12.1. The van der Waals surface area contributed by atoms with E-state index in [9.17, 15) is 15.2 Å². The number of nitrogens with zero attached hydrogens (tertiary/aromatic N) is 2. The molecule has 1 aliphatic carbocycles. The Morgan fingerprint density at radius 1 is 1.26 bits per heavy atom. The molecule has 0 aliphatic heterocycles. The average Bonchev–Trinajstić information content (AvgIpc) is 3.37. The van der Waals surface area contributed by atoms with E-state index in [0.717, 1.165) is 19.0 Å². The standard InChI is InChI=1S/C18H12N2O3/c19-9-14-7-13(6-5-12(14)4-3-11-1-2-11)16-8-15(18(22)23)17(21)10-20-16/h5-8,10-11,21H,1-2H2,(H,22,23). The van der Waals surface area contributed by atoms with Crippen molar-refractivity contribution in [3.8, 4) is 34.9 Å². The molecule has 1 saturated carbocycles. The molecule has 23 heavy (non-hydrogen) atoms. The summed E-state index contributed by atoms with van der Waals surface area (Å²) in [5.74, 6) is 4.94. The molecule has 3 rings (SSSR count). The molecule has 5 nitrogen and oxygen atoms in total. The van der Waals surface area contributed by atoms with Crippen LogP contribution in [0.1, 0.15) is 34.3 Å². The van der Waals surface area contributed by atoms with E-state index >= 15 is 0 Å². The number of carboxylic acid groups (broad SMARTS) is 1. The zero-order valence-electron chi connectivity index (χ0n) is 12.1. The molecule has 1 fully saturated rings. The van der Waals surface area contributed by atoms with Gasteiger partial charge in [-0.2, -0.15) is 5.26 Å². The first-order valence-corrected chi connectivity index (χ1v) is 7.07. The molecule has 0 spiro atoms. The van der Waals surface area contributed by atoms with Gasteiger partial charge >= 0.3 is 5.97 Å². The number of hydrogen-bond acceptors (Lipinski definition) is 4. The van der Waals surface area contributed by atoms with E-state index in [0.29, 0.717) is 28.3 Å². The van der Waals surface area contributed by atoms with E-state index < -0.39 is 11.7 Å². The van der Waals surface area contributed by atoms with Crippen molar-refractivity contribution in [1.29, 1.82) is 5.26 Å². The lowest BCUT2D eigenvalue weighted by Crippen LogP contribution is -1.98. The highest BCUT2D eigenvalue weighted by Crippen LogP contribution is 2.28. The van der Waals surface area contributed by atoms with Crippen molar-refractivity contribution in [2.45, 2.75) is 12.8 Å². The number of aromatic carboxylic acids is 1. The van der Waals surface area contributed by atoms with Crippen LogP contribution in [-0.4, -0.2) is 21.2 Å². The molecule has 5 heteroatoms. The van der Waals surface area contributed by atoms with Gasteiger partial charge in [0.25, 0.3) is 0 Å². The summed E-state index contributed by atoms with van der Waals surface area (Å²) >= 11 is 0. The fraction of sp³-hybridized carbons (Fsp3) is 0.167. The monoisotopic (exact) mass is 304 g/mol. The summed E-state index contributed by atoms with van der Waals surface area (Å²) in [6.45, 7) is 0. The lowest BCUT2D eigenvalue weighted by Gasteiger charge is -2.05. The van der Waals surface area contributed by atoms with Gasteiger partial charge in [0.05, 0.1) is 17.5 Å². The number of hydrogen-bond donors (Lipinski definition) is 2. The van der Waals surface area contributed by atoms with Crippen LogP contribution in [0.4, 0.5) is 0 Å². The minimum Gasteiger partial charge on any atom is -0.505 e.